The van der Waals surface area contributed by atoms with Crippen LogP contribution in [0.3, 0.4) is 0 Å². The molecule has 340 valence electrons. The molecule has 10 rings (SSSR count). The van der Waals surface area contributed by atoms with Gasteiger partial charge in [0.2, 0.25) is 0 Å². The Balaban J connectivity index is 0.000000405. The fraction of sp³-hybridized carbons (Fsp3) is 0.213. The van der Waals surface area contributed by atoms with E-state index in [-0.39, 0.29) is 43.1 Å². The number of phenols is 1. The fourth-order valence-electron chi connectivity index (χ4n) is 8.84. The van der Waals surface area contributed by atoms with Crippen LogP contribution >= 0.6 is 0 Å². The number of hydrogen-bond donors (Lipinski definition) is 1. The van der Waals surface area contributed by atoms with Gasteiger partial charge < -0.3 is 9.52 Å². The summed E-state index contributed by atoms with van der Waals surface area (Å²) < 4.78 is 8.56. The predicted octanol–water partition coefficient (Wildman–Crippen LogP) is 16.4. The molecular formula is C61H58N3O2Pt-. The maximum Gasteiger partial charge on any atom is 0.148 e. The first-order chi connectivity index (χ1) is 31.5. The van der Waals surface area contributed by atoms with Gasteiger partial charge in [-0.05, 0) is 86.5 Å². The van der Waals surface area contributed by atoms with E-state index in [1.165, 1.54) is 16.7 Å². The topological polar surface area (TPSA) is 64.1 Å². The standard InChI is InChI=1S/C50H49N2O2.C11H9N.Pt/c1-30-25-32(26-38-36-19-14-15-22-43(36)54-46(30)38)35-20-16-21-42-44(35)51-47(39-28-34(49(5,6)7)29-40(45(39)53)50(8,9)10)52(42)41-24-23-33(48(2,3)4)27-37(41)31-17-12-11-13-18-31;1-2-4-10(5-3-1)11-6-8-12-9-7-11;/h11-24,26-29,53H,1-10H3;1-9H;/q-1;;. The molecule has 3 aromatic heterocycles. The van der Waals surface area contributed by atoms with Crippen LogP contribution in [0.1, 0.15) is 84.6 Å². The average molecular weight is 1060 g/mol. The third-order valence-corrected chi connectivity index (χ3v) is 12.6. The molecule has 0 amide bonds. The van der Waals surface area contributed by atoms with Crippen LogP contribution in [0.15, 0.2) is 168 Å². The molecule has 0 spiro atoms. The molecule has 0 atom stereocenters. The summed E-state index contributed by atoms with van der Waals surface area (Å²) in [4.78, 5) is 9.54. The van der Waals surface area contributed by atoms with E-state index in [2.05, 4.69) is 194 Å². The van der Waals surface area contributed by atoms with Crippen LogP contribution in [-0.2, 0) is 37.3 Å². The Hall–Kier alpha value is -6.55. The van der Waals surface area contributed by atoms with Crippen LogP contribution in [0.25, 0.3) is 83.4 Å². The summed E-state index contributed by atoms with van der Waals surface area (Å²) in [5.74, 6) is 0.952. The van der Waals surface area contributed by atoms with Crippen molar-refractivity contribution in [3.8, 4) is 56.2 Å². The molecule has 0 aliphatic heterocycles. The molecule has 5 nitrogen and oxygen atoms in total. The average Bonchev–Trinajstić information content (AvgIpc) is 3.88. The van der Waals surface area contributed by atoms with Gasteiger partial charge in [-0.15, -0.1) is 17.7 Å². The van der Waals surface area contributed by atoms with Crippen LogP contribution < -0.4 is 0 Å². The van der Waals surface area contributed by atoms with E-state index in [1.54, 1.807) is 0 Å². The summed E-state index contributed by atoms with van der Waals surface area (Å²) >= 11 is 0. The molecule has 0 bridgehead atoms. The molecule has 0 aliphatic carbocycles. The normalized spacial score (nSPS) is 12.0. The predicted molar refractivity (Wildman–Crippen MR) is 276 cm³/mol. The van der Waals surface area contributed by atoms with E-state index in [9.17, 15) is 5.11 Å². The van der Waals surface area contributed by atoms with Gasteiger partial charge in [0.1, 0.15) is 17.2 Å². The van der Waals surface area contributed by atoms with Gasteiger partial charge in [0.15, 0.2) is 0 Å². The van der Waals surface area contributed by atoms with Crippen LogP contribution in [0.2, 0.25) is 0 Å². The van der Waals surface area contributed by atoms with E-state index in [0.29, 0.717) is 11.4 Å². The van der Waals surface area contributed by atoms with E-state index in [0.717, 1.165) is 77.6 Å². The summed E-state index contributed by atoms with van der Waals surface area (Å²) in [6.45, 7) is 22.0. The van der Waals surface area contributed by atoms with Crippen molar-refractivity contribution in [3.05, 3.63) is 192 Å². The Morgan fingerprint density at radius 2 is 1.16 bits per heavy atom. The maximum atomic E-state index is 12.3. The van der Waals surface area contributed by atoms with Crippen molar-refractivity contribution in [2.75, 3.05) is 0 Å². The van der Waals surface area contributed by atoms with Crippen molar-refractivity contribution < 1.29 is 30.6 Å². The molecule has 0 unspecified atom stereocenters. The first kappa shape index (κ1) is 47.0. The minimum atomic E-state index is -0.305. The van der Waals surface area contributed by atoms with Crippen LogP contribution in [0.4, 0.5) is 0 Å². The first-order valence-electron chi connectivity index (χ1n) is 22.9. The van der Waals surface area contributed by atoms with Crippen molar-refractivity contribution >= 4 is 33.0 Å². The van der Waals surface area contributed by atoms with Gasteiger partial charge in [0, 0.05) is 50.0 Å². The zero-order valence-electron chi connectivity index (χ0n) is 40.1. The van der Waals surface area contributed by atoms with Crippen molar-refractivity contribution in [1.82, 2.24) is 14.5 Å². The minimum absolute atomic E-state index is 0. The number of aromatic hydroxyl groups is 1. The third-order valence-electron chi connectivity index (χ3n) is 12.6. The van der Waals surface area contributed by atoms with E-state index >= 15 is 0 Å². The smallest absolute Gasteiger partial charge is 0.148 e. The Morgan fingerprint density at radius 1 is 0.552 bits per heavy atom. The van der Waals surface area contributed by atoms with Gasteiger partial charge in [0.05, 0.1) is 27.9 Å². The van der Waals surface area contributed by atoms with Gasteiger partial charge in [-0.3, -0.25) is 9.55 Å². The molecule has 0 aliphatic rings. The second-order valence-corrected chi connectivity index (χ2v) is 20.5. The molecular weight excluding hydrogens is 1000 g/mol. The number of imidazole rings is 1. The monoisotopic (exact) mass is 1060 g/mol. The zero-order chi connectivity index (χ0) is 46.5. The van der Waals surface area contributed by atoms with E-state index in [4.69, 9.17) is 9.40 Å². The maximum absolute atomic E-state index is 12.3. The van der Waals surface area contributed by atoms with Crippen molar-refractivity contribution in [3.63, 3.8) is 0 Å². The number of pyridine rings is 1. The largest absolute Gasteiger partial charge is 0.507 e. The van der Waals surface area contributed by atoms with Gasteiger partial charge in [-0.1, -0.05) is 189 Å². The van der Waals surface area contributed by atoms with Crippen LogP contribution in [0.5, 0.6) is 5.75 Å². The van der Waals surface area contributed by atoms with Gasteiger partial charge in [-0.2, -0.15) is 0 Å². The summed E-state index contributed by atoms with van der Waals surface area (Å²) in [6, 6.07) is 56.4. The van der Waals surface area contributed by atoms with Crippen molar-refractivity contribution in [2.24, 2.45) is 0 Å². The Bertz CT molecular complexity index is 3330. The van der Waals surface area contributed by atoms with Gasteiger partial charge in [-0.25, -0.2) is 4.98 Å². The first-order valence-corrected chi connectivity index (χ1v) is 22.9. The van der Waals surface area contributed by atoms with E-state index < -0.39 is 0 Å². The number of aromatic nitrogens is 3. The number of phenolic OH excluding ortho intramolecular Hbond substituents is 1. The van der Waals surface area contributed by atoms with Crippen LogP contribution in [-0.4, -0.2) is 19.6 Å². The number of aryl methyl sites for hydroxylation is 1. The number of para-hydroxylation sites is 2. The van der Waals surface area contributed by atoms with Crippen LogP contribution in [0, 0.1) is 13.0 Å². The second-order valence-electron chi connectivity index (χ2n) is 20.5. The zero-order valence-corrected chi connectivity index (χ0v) is 42.4. The molecule has 3 heterocycles. The third kappa shape index (κ3) is 9.27. The molecule has 10 aromatic rings. The number of rotatable bonds is 5. The quantitative estimate of drug-likeness (QED) is 0.174. The fourth-order valence-corrected chi connectivity index (χ4v) is 8.84. The second kappa shape index (κ2) is 18.3. The Labute approximate surface area is 409 Å². The molecule has 7 aromatic carbocycles. The summed E-state index contributed by atoms with van der Waals surface area (Å²) in [5.41, 5.74) is 15.5. The summed E-state index contributed by atoms with van der Waals surface area (Å²) in [5, 5.41) is 14.5. The number of hydrogen-bond acceptors (Lipinski definition) is 4. The number of furan rings is 1. The van der Waals surface area contributed by atoms with Gasteiger partial charge >= 0.3 is 0 Å². The number of benzene rings is 7. The summed E-state index contributed by atoms with van der Waals surface area (Å²) in [7, 11) is 0. The molecule has 0 radical (unpaired) electrons. The Kier molecular flexibility index (Phi) is 12.8. The molecule has 67 heavy (non-hydrogen) atoms. The molecule has 0 saturated carbocycles. The Morgan fingerprint density at radius 3 is 1.82 bits per heavy atom. The molecule has 6 heteroatoms. The SMILES string of the molecule is Cc1[c-]c(-c2cccc3c2nc(-c2cc(C(C)(C)C)cc(C(C)(C)C)c2O)n3-c2ccc(C(C)(C)C)cc2-c2ccccc2)cc2c1oc1ccccc12.[Pt].c1ccc(-c2ccncc2)cc1. The van der Waals surface area contributed by atoms with Crippen molar-refractivity contribution in [1.29, 1.82) is 0 Å². The minimum Gasteiger partial charge on any atom is -0.507 e. The number of nitrogens with zero attached hydrogens (tertiary/aromatic N) is 3. The molecule has 0 fully saturated rings. The molecule has 0 saturated heterocycles. The summed E-state index contributed by atoms with van der Waals surface area (Å²) in [6.07, 6.45) is 3.62. The van der Waals surface area contributed by atoms with Gasteiger partial charge in [0.25, 0.3) is 0 Å². The van der Waals surface area contributed by atoms with Crippen molar-refractivity contribution in [2.45, 2.75) is 85.5 Å². The number of fused-ring (bicyclic) bond motifs is 4. The van der Waals surface area contributed by atoms with E-state index in [1.807, 2.05) is 54.9 Å². The molecule has 1 N–H and O–H groups in total.